The predicted molar refractivity (Wildman–Crippen MR) is 64.2 cm³/mol. The zero-order chi connectivity index (χ0) is 14.0. The molecule has 18 heavy (non-hydrogen) atoms. The van der Waals surface area contributed by atoms with Crippen molar-refractivity contribution in [2.75, 3.05) is 13.2 Å². The number of aliphatic hydroxyl groups is 3. The molecule has 0 amide bonds. The quantitative estimate of drug-likeness (QED) is 0.638. The van der Waals surface area contributed by atoms with Gasteiger partial charge in [0, 0.05) is 0 Å². The van der Waals surface area contributed by atoms with Crippen LogP contribution in [0.4, 0.5) is 0 Å². The Kier molecular flexibility index (Phi) is 9.13. The molecule has 1 aromatic rings. The highest BCUT2D eigenvalue weighted by atomic mass is 16.5. The van der Waals surface area contributed by atoms with E-state index < -0.39 is 12.2 Å². The standard InChI is InChI=1S/C6H6O3.C6H14O3/c7-3-5-1-2-6(4-8)9-5;1-5(7)3-9-4-6(2)8/h1-3,8H,4H2;5-8H,3-4H2,1-2H3. The molecule has 0 aliphatic carbocycles. The molecule has 0 fully saturated rings. The highest BCUT2D eigenvalue weighted by Gasteiger charge is 1.97. The Balaban J connectivity index is 0.000000321. The molecule has 0 aromatic carbocycles. The van der Waals surface area contributed by atoms with Crippen molar-refractivity contribution in [1.29, 1.82) is 0 Å². The first-order valence-corrected chi connectivity index (χ1v) is 5.58. The number of hydrogen-bond donors (Lipinski definition) is 3. The first kappa shape index (κ1) is 16.8. The van der Waals surface area contributed by atoms with Crippen LogP contribution in [0.3, 0.4) is 0 Å². The van der Waals surface area contributed by atoms with E-state index in [2.05, 4.69) is 0 Å². The summed E-state index contributed by atoms with van der Waals surface area (Å²) in [5.74, 6) is 0.663. The van der Waals surface area contributed by atoms with Crippen molar-refractivity contribution in [3.8, 4) is 0 Å². The molecule has 0 spiro atoms. The van der Waals surface area contributed by atoms with Crippen molar-refractivity contribution < 1.29 is 29.3 Å². The van der Waals surface area contributed by atoms with Crippen LogP contribution >= 0.6 is 0 Å². The van der Waals surface area contributed by atoms with Crippen LogP contribution in [0.2, 0.25) is 0 Å². The lowest BCUT2D eigenvalue weighted by atomic mass is 10.4. The van der Waals surface area contributed by atoms with Crippen LogP contribution in [0.25, 0.3) is 0 Å². The topological polar surface area (TPSA) is 100 Å². The van der Waals surface area contributed by atoms with Crippen molar-refractivity contribution in [3.05, 3.63) is 23.7 Å². The van der Waals surface area contributed by atoms with Gasteiger partial charge in [0.1, 0.15) is 12.4 Å². The zero-order valence-electron chi connectivity index (χ0n) is 10.6. The molecule has 0 bridgehead atoms. The third-order valence-corrected chi connectivity index (χ3v) is 1.67. The second kappa shape index (κ2) is 9.78. The van der Waals surface area contributed by atoms with Gasteiger partial charge in [-0.1, -0.05) is 0 Å². The van der Waals surface area contributed by atoms with Crippen molar-refractivity contribution in [2.45, 2.75) is 32.7 Å². The van der Waals surface area contributed by atoms with E-state index in [1.807, 2.05) is 0 Å². The first-order chi connectivity index (χ1) is 8.49. The predicted octanol–water partition coefficient (Wildman–Crippen LogP) is 0.349. The largest absolute Gasteiger partial charge is 0.456 e. The molecule has 1 rings (SSSR count). The van der Waals surface area contributed by atoms with Gasteiger partial charge in [-0.2, -0.15) is 0 Å². The van der Waals surface area contributed by atoms with Gasteiger partial charge in [0.25, 0.3) is 0 Å². The van der Waals surface area contributed by atoms with Crippen molar-refractivity contribution >= 4 is 6.29 Å². The van der Waals surface area contributed by atoms with Crippen molar-refractivity contribution in [2.24, 2.45) is 0 Å². The number of aldehydes is 1. The summed E-state index contributed by atoms with van der Waals surface area (Å²) in [6.07, 6.45) is -0.286. The normalized spacial score (nSPS) is 13.4. The van der Waals surface area contributed by atoms with E-state index in [1.165, 1.54) is 6.07 Å². The summed E-state index contributed by atoms with van der Waals surface area (Å²) in [6, 6.07) is 3.07. The smallest absolute Gasteiger partial charge is 0.185 e. The van der Waals surface area contributed by atoms with Crippen LogP contribution in [0.1, 0.15) is 30.2 Å². The fraction of sp³-hybridized carbons (Fsp3) is 0.583. The Morgan fingerprint density at radius 1 is 1.28 bits per heavy atom. The van der Waals surface area contributed by atoms with E-state index in [4.69, 9.17) is 24.5 Å². The minimum absolute atomic E-state index is 0.159. The maximum absolute atomic E-state index is 9.96. The molecule has 1 heterocycles. The molecule has 104 valence electrons. The zero-order valence-corrected chi connectivity index (χ0v) is 10.6. The van der Waals surface area contributed by atoms with E-state index in [1.54, 1.807) is 19.9 Å². The van der Waals surface area contributed by atoms with E-state index in [-0.39, 0.29) is 12.4 Å². The SMILES string of the molecule is CC(O)COCC(C)O.O=Cc1ccc(CO)o1. The van der Waals surface area contributed by atoms with Crippen LogP contribution in [0, 0.1) is 0 Å². The lowest BCUT2D eigenvalue weighted by Crippen LogP contribution is -2.16. The van der Waals surface area contributed by atoms with Gasteiger partial charge < -0.3 is 24.5 Å². The second-order valence-corrected chi connectivity index (χ2v) is 3.82. The molecule has 3 N–H and O–H groups in total. The van der Waals surface area contributed by atoms with Crippen molar-refractivity contribution in [1.82, 2.24) is 0 Å². The Morgan fingerprint density at radius 2 is 1.83 bits per heavy atom. The van der Waals surface area contributed by atoms with Gasteiger partial charge in [-0.25, -0.2) is 0 Å². The monoisotopic (exact) mass is 260 g/mol. The number of carbonyl (C=O) groups excluding carboxylic acids is 1. The van der Waals surface area contributed by atoms with Gasteiger partial charge in [-0.3, -0.25) is 4.79 Å². The lowest BCUT2D eigenvalue weighted by Gasteiger charge is -2.06. The number of aliphatic hydroxyl groups excluding tert-OH is 3. The molecule has 0 saturated heterocycles. The third kappa shape index (κ3) is 8.89. The Hall–Kier alpha value is -1.21. The van der Waals surface area contributed by atoms with Gasteiger partial charge >= 0.3 is 0 Å². The Labute approximate surface area is 106 Å². The van der Waals surface area contributed by atoms with Gasteiger partial charge in [-0.05, 0) is 26.0 Å². The highest BCUT2D eigenvalue weighted by molar-refractivity contribution is 5.70. The van der Waals surface area contributed by atoms with Gasteiger partial charge in [0.05, 0.1) is 25.4 Å². The molecular formula is C12H20O6. The van der Waals surface area contributed by atoms with E-state index >= 15 is 0 Å². The Morgan fingerprint density at radius 3 is 2.11 bits per heavy atom. The average Bonchev–Trinajstić information content (AvgIpc) is 2.76. The van der Waals surface area contributed by atoms with Crippen LogP contribution < -0.4 is 0 Å². The molecule has 1 aromatic heterocycles. The lowest BCUT2D eigenvalue weighted by molar-refractivity contribution is 0.00392. The van der Waals surface area contributed by atoms with E-state index in [0.717, 1.165) is 0 Å². The van der Waals surface area contributed by atoms with Crippen LogP contribution in [0.5, 0.6) is 0 Å². The summed E-state index contributed by atoms with van der Waals surface area (Å²) in [6.45, 7) is 3.72. The van der Waals surface area contributed by atoms with Crippen LogP contribution in [-0.2, 0) is 11.3 Å². The maximum atomic E-state index is 9.96. The minimum Gasteiger partial charge on any atom is -0.456 e. The fourth-order valence-corrected chi connectivity index (χ4v) is 0.952. The number of ether oxygens (including phenoxy) is 1. The molecule has 0 aliphatic rings. The number of furan rings is 1. The molecule has 0 saturated carbocycles. The average molecular weight is 260 g/mol. The first-order valence-electron chi connectivity index (χ1n) is 5.58. The van der Waals surface area contributed by atoms with Gasteiger partial charge in [0.2, 0.25) is 0 Å². The third-order valence-electron chi connectivity index (χ3n) is 1.67. The summed E-state index contributed by atoms with van der Waals surface area (Å²) in [5, 5.41) is 25.8. The van der Waals surface area contributed by atoms with E-state index in [0.29, 0.717) is 25.3 Å². The highest BCUT2D eigenvalue weighted by Crippen LogP contribution is 2.03. The maximum Gasteiger partial charge on any atom is 0.185 e. The minimum atomic E-state index is -0.441. The number of rotatable bonds is 6. The fourth-order valence-electron chi connectivity index (χ4n) is 0.952. The summed E-state index contributed by atoms with van der Waals surface area (Å²) in [7, 11) is 0. The van der Waals surface area contributed by atoms with Crippen LogP contribution in [-0.4, -0.2) is 47.0 Å². The molecule has 6 heteroatoms. The molecule has 0 aliphatic heterocycles. The van der Waals surface area contributed by atoms with Gasteiger partial charge in [0.15, 0.2) is 12.0 Å². The molecule has 0 radical (unpaired) electrons. The summed E-state index contributed by atoms with van der Waals surface area (Å²) in [5.41, 5.74) is 0. The summed E-state index contributed by atoms with van der Waals surface area (Å²) in [4.78, 5) is 9.96. The van der Waals surface area contributed by atoms with E-state index in [9.17, 15) is 4.79 Å². The second-order valence-electron chi connectivity index (χ2n) is 3.82. The molecule has 2 unspecified atom stereocenters. The van der Waals surface area contributed by atoms with Gasteiger partial charge in [-0.15, -0.1) is 0 Å². The number of carbonyl (C=O) groups is 1. The molecule has 2 atom stereocenters. The summed E-state index contributed by atoms with van der Waals surface area (Å²) >= 11 is 0. The van der Waals surface area contributed by atoms with Crippen LogP contribution in [0.15, 0.2) is 16.5 Å². The Bertz CT molecular complexity index is 310. The molecular weight excluding hydrogens is 240 g/mol. The van der Waals surface area contributed by atoms with Crippen molar-refractivity contribution in [3.63, 3.8) is 0 Å². The number of hydrogen-bond acceptors (Lipinski definition) is 6. The summed E-state index contributed by atoms with van der Waals surface area (Å²) < 4.78 is 9.62. The molecule has 6 nitrogen and oxygen atoms in total.